The first kappa shape index (κ1) is 23.4. The third kappa shape index (κ3) is 4.38. The lowest BCUT2D eigenvalue weighted by atomic mass is 9.76. The molecule has 36 heavy (non-hydrogen) atoms. The topological polar surface area (TPSA) is 54.5 Å². The number of hydrogen-bond donors (Lipinski definition) is 0. The molecule has 0 saturated heterocycles. The van der Waals surface area contributed by atoms with Crippen molar-refractivity contribution in [2.75, 3.05) is 4.90 Å². The highest BCUT2D eigenvalue weighted by atomic mass is 16.2. The van der Waals surface area contributed by atoms with Gasteiger partial charge in [0, 0.05) is 34.7 Å². The van der Waals surface area contributed by atoms with E-state index in [1.54, 1.807) is 23.1 Å². The van der Waals surface area contributed by atoms with Gasteiger partial charge in [-0.25, -0.2) is 0 Å². The molecule has 178 valence electrons. The molecule has 1 amide bonds. The zero-order chi connectivity index (χ0) is 25.2. The summed E-state index contributed by atoms with van der Waals surface area (Å²) in [4.78, 5) is 43.0. The van der Waals surface area contributed by atoms with Gasteiger partial charge < -0.3 is 0 Å². The van der Waals surface area contributed by atoms with Crippen LogP contribution in [0, 0.1) is 13.8 Å². The van der Waals surface area contributed by atoms with E-state index < -0.39 is 12.0 Å². The lowest BCUT2D eigenvalue weighted by Crippen LogP contribution is -2.53. The monoisotopic (exact) mass is 473 g/mol. The second-order valence-electron chi connectivity index (χ2n) is 9.37. The lowest BCUT2D eigenvalue weighted by molar-refractivity contribution is 0.0850. The molecule has 2 atom stereocenters. The Hall–Kier alpha value is -4.31. The third-order valence-corrected chi connectivity index (χ3v) is 6.89. The molecule has 0 radical (unpaired) electrons. The summed E-state index contributed by atoms with van der Waals surface area (Å²) in [5.74, 6) is -0.968. The number of rotatable bonds is 6. The van der Waals surface area contributed by atoms with Crippen LogP contribution < -0.4 is 4.90 Å². The lowest BCUT2D eigenvalue weighted by Gasteiger charge is -2.41. The number of anilines is 1. The smallest absolute Gasteiger partial charge is 0.259 e. The Morgan fingerprint density at radius 3 is 1.94 bits per heavy atom. The van der Waals surface area contributed by atoms with Gasteiger partial charge in [0.1, 0.15) is 6.04 Å². The first-order valence-corrected chi connectivity index (χ1v) is 12.1. The molecular formula is C32H27NO3. The van der Waals surface area contributed by atoms with Crippen molar-refractivity contribution in [3.05, 3.63) is 137 Å². The maximum Gasteiger partial charge on any atom is 0.259 e. The molecule has 0 aromatic heterocycles. The fourth-order valence-electron chi connectivity index (χ4n) is 4.96. The van der Waals surface area contributed by atoms with Crippen molar-refractivity contribution in [1.29, 1.82) is 0 Å². The van der Waals surface area contributed by atoms with E-state index in [0.29, 0.717) is 22.4 Å². The van der Waals surface area contributed by atoms with Crippen molar-refractivity contribution in [2.24, 2.45) is 0 Å². The maximum atomic E-state index is 14.1. The average molecular weight is 474 g/mol. The van der Waals surface area contributed by atoms with Gasteiger partial charge in [-0.3, -0.25) is 19.3 Å². The van der Waals surface area contributed by atoms with Crippen LogP contribution in [0.25, 0.3) is 0 Å². The minimum absolute atomic E-state index is 0.0566. The Bertz CT molecular complexity index is 1420. The molecule has 5 rings (SSSR count). The summed E-state index contributed by atoms with van der Waals surface area (Å²) in [6, 6.07) is 30.6. The van der Waals surface area contributed by atoms with Crippen molar-refractivity contribution < 1.29 is 14.4 Å². The minimum Gasteiger partial charge on any atom is -0.297 e. The van der Waals surface area contributed by atoms with Gasteiger partial charge in [0.2, 0.25) is 0 Å². The molecule has 4 aromatic carbocycles. The highest BCUT2D eigenvalue weighted by Gasteiger charge is 2.45. The highest BCUT2D eigenvalue weighted by molar-refractivity contribution is 6.16. The Kier molecular flexibility index (Phi) is 6.34. The molecule has 0 aliphatic carbocycles. The van der Waals surface area contributed by atoms with Gasteiger partial charge in [-0.05, 0) is 37.6 Å². The molecule has 1 aliphatic heterocycles. The fraction of sp³-hybridized carbons (Fsp3) is 0.156. The number of carbonyl (C=O) groups is 3. The summed E-state index contributed by atoms with van der Waals surface area (Å²) in [5, 5.41) is 0. The summed E-state index contributed by atoms with van der Waals surface area (Å²) in [7, 11) is 0. The number of carbonyl (C=O) groups excluding carboxylic acids is 3. The summed E-state index contributed by atoms with van der Waals surface area (Å²) >= 11 is 0. The molecule has 0 fully saturated rings. The van der Waals surface area contributed by atoms with Crippen LogP contribution >= 0.6 is 0 Å². The number of Topliss-reactive ketones (excluding diaryl/α,β-unsaturated/α-hetero) is 2. The van der Waals surface area contributed by atoms with E-state index in [1.165, 1.54) is 0 Å². The molecule has 0 bridgehead atoms. The zero-order valence-electron chi connectivity index (χ0n) is 20.3. The first-order chi connectivity index (χ1) is 17.4. The van der Waals surface area contributed by atoms with Crippen LogP contribution in [-0.2, 0) is 0 Å². The number of benzene rings is 4. The standard InChI is InChI=1S/C32H27NO3/c1-21-12-16-23(17-13-21)29(34)20-28-26-10-6-7-11-27(26)32(36)33(25-18-14-22(2)15-19-25)30(28)31(35)24-8-4-3-5-9-24/h3-19,28,30H,20H2,1-2H3/t28-,30-/m0/s1. The second-order valence-corrected chi connectivity index (χ2v) is 9.37. The highest BCUT2D eigenvalue weighted by Crippen LogP contribution is 2.40. The summed E-state index contributed by atoms with van der Waals surface area (Å²) in [5.41, 5.74) is 5.14. The SMILES string of the molecule is Cc1ccc(C(=O)C[C@H]2c3ccccc3C(=O)N(c3ccc(C)cc3)[C@@H]2C(=O)c2ccccc2)cc1. The van der Waals surface area contributed by atoms with Crippen LogP contribution in [0.15, 0.2) is 103 Å². The van der Waals surface area contributed by atoms with Crippen LogP contribution in [0.3, 0.4) is 0 Å². The van der Waals surface area contributed by atoms with Crippen LogP contribution in [0.4, 0.5) is 5.69 Å². The number of ketones is 2. The van der Waals surface area contributed by atoms with E-state index in [2.05, 4.69) is 0 Å². The van der Waals surface area contributed by atoms with E-state index in [9.17, 15) is 14.4 Å². The molecule has 1 aliphatic rings. The quantitative estimate of drug-likeness (QED) is 0.298. The predicted octanol–water partition coefficient (Wildman–Crippen LogP) is 6.57. The molecule has 0 saturated carbocycles. The van der Waals surface area contributed by atoms with Gasteiger partial charge in [0.05, 0.1) is 0 Å². The normalized spacial score (nSPS) is 16.9. The Labute approximate surface area is 211 Å². The van der Waals surface area contributed by atoms with Gasteiger partial charge in [-0.2, -0.15) is 0 Å². The van der Waals surface area contributed by atoms with E-state index in [0.717, 1.165) is 16.7 Å². The number of amides is 1. The Morgan fingerprint density at radius 2 is 1.28 bits per heavy atom. The van der Waals surface area contributed by atoms with Crippen molar-refractivity contribution >= 4 is 23.2 Å². The van der Waals surface area contributed by atoms with Gasteiger partial charge in [-0.15, -0.1) is 0 Å². The van der Waals surface area contributed by atoms with Gasteiger partial charge in [0.15, 0.2) is 11.6 Å². The van der Waals surface area contributed by atoms with Crippen molar-refractivity contribution in [2.45, 2.75) is 32.2 Å². The van der Waals surface area contributed by atoms with Crippen LogP contribution in [0.2, 0.25) is 0 Å². The van der Waals surface area contributed by atoms with Crippen molar-refractivity contribution in [3.63, 3.8) is 0 Å². The number of aryl methyl sites for hydroxylation is 2. The Morgan fingerprint density at radius 1 is 0.694 bits per heavy atom. The van der Waals surface area contributed by atoms with Crippen LogP contribution in [-0.4, -0.2) is 23.5 Å². The maximum absolute atomic E-state index is 14.1. The number of hydrogen-bond acceptors (Lipinski definition) is 3. The molecule has 4 heteroatoms. The summed E-state index contributed by atoms with van der Waals surface area (Å²) in [6.45, 7) is 3.96. The fourth-order valence-corrected chi connectivity index (χ4v) is 4.96. The van der Waals surface area contributed by atoms with E-state index in [1.807, 2.05) is 98.8 Å². The first-order valence-electron chi connectivity index (χ1n) is 12.1. The summed E-state index contributed by atoms with van der Waals surface area (Å²) in [6.07, 6.45) is 0.110. The average Bonchev–Trinajstić information content (AvgIpc) is 2.91. The predicted molar refractivity (Wildman–Crippen MR) is 142 cm³/mol. The van der Waals surface area contributed by atoms with E-state index >= 15 is 0 Å². The Balaban J connectivity index is 1.66. The number of nitrogens with zero attached hydrogens (tertiary/aromatic N) is 1. The minimum atomic E-state index is -0.855. The zero-order valence-corrected chi connectivity index (χ0v) is 20.3. The van der Waals surface area contributed by atoms with E-state index in [-0.39, 0.29) is 23.9 Å². The molecule has 0 unspecified atom stereocenters. The third-order valence-electron chi connectivity index (χ3n) is 6.89. The second kappa shape index (κ2) is 9.74. The molecule has 4 aromatic rings. The molecule has 1 heterocycles. The van der Waals surface area contributed by atoms with Crippen LogP contribution in [0.5, 0.6) is 0 Å². The van der Waals surface area contributed by atoms with E-state index in [4.69, 9.17) is 0 Å². The largest absolute Gasteiger partial charge is 0.297 e. The number of fused-ring (bicyclic) bond motifs is 1. The van der Waals surface area contributed by atoms with Crippen LogP contribution in [0.1, 0.15) is 60.1 Å². The molecular weight excluding hydrogens is 446 g/mol. The van der Waals surface area contributed by atoms with Crippen molar-refractivity contribution in [3.8, 4) is 0 Å². The molecule has 0 spiro atoms. The summed E-state index contributed by atoms with van der Waals surface area (Å²) < 4.78 is 0. The van der Waals surface area contributed by atoms with Gasteiger partial charge in [0.25, 0.3) is 5.91 Å². The van der Waals surface area contributed by atoms with Gasteiger partial charge in [-0.1, -0.05) is 96.1 Å². The molecule has 4 nitrogen and oxygen atoms in total. The molecule has 0 N–H and O–H groups in total. The van der Waals surface area contributed by atoms with Gasteiger partial charge >= 0.3 is 0 Å². The van der Waals surface area contributed by atoms with Crippen molar-refractivity contribution in [1.82, 2.24) is 0 Å².